The Morgan fingerprint density at radius 1 is 1.13 bits per heavy atom. The van der Waals surface area contributed by atoms with Crippen molar-refractivity contribution < 1.29 is 4.79 Å². The fraction of sp³-hybridized carbons (Fsp3) is 0.389. The van der Waals surface area contributed by atoms with Crippen LogP contribution in [-0.4, -0.2) is 29.0 Å². The van der Waals surface area contributed by atoms with Gasteiger partial charge in [0.15, 0.2) is 0 Å². The molecule has 1 amide bonds. The van der Waals surface area contributed by atoms with E-state index in [9.17, 15) is 4.79 Å². The maximum atomic E-state index is 12.4. The molecule has 122 valence electrons. The van der Waals surface area contributed by atoms with Crippen LogP contribution in [0.3, 0.4) is 0 Å². The summed E-state index contributed by atoms with van der Waals surface area (Å²) in [6.07, 6.45) is 4.04. The van der Waals surface area contributed by atoms with E-state index in [1.165, 1.54) is 0 Å². The van der Waals surface area contributed by atoms with Gasteiger partial charge in [0.2, 0.25) is 5.95 Å². The van der Waals surface area contributed by atoms with E-state index in [4.69, 9.17) is 0 Å². The maximum Gasteiger partial charge on any atom is 0.258 e. The first-order valence-electron chi connectivity index (χ1n) is 8.07. The van der Waals surface area contributed by atoms with Gasteiger partial charge >= 0.3 is 0 Å². The summed E-state index contributed by atoms with van der Waals surface area (Å²) < 4.78 is 0. The summed E-state index contributed by atoms with van der Waals surface area (Å²) in [4.78, 5) is 23.1. The van der Waals surface area contributed by atoms with E-state index in [0.717, 1.165) is 36.3 Å². The van der Waals surface area contributed by atoms with Crippen molar-refractivity contribution in [3.05, 3.63) is 47.3 Å². The molecule has 23 heavy (non-hydrogen) atoms. The van der Waals surface area contributed by atoms with Gasteiger partial charge in [0, 0.05) is 31.2 Å². The van der Waals surface area contributed by atoms with Crippen molar-refractivity contribution in [1.29, 1.82) is 0 Å². The molecule has 5 nitrogen and oxygen atoms in total. The second kappa shape index (κ2) is 7.72. The third-order valence-electron chi connectivity index (χ3n) is 3.93. The van der Waals surface area contributed by atoms with Crippen molar-refractivity contribution in [2.75, 3.05) is 23.3 Å². The lowest BCUT2D eigenvalue weighted by atomic mass is 10.1. The van der Waals surface area contributed by atoms with Gasteiger partial charge in [0.05, 0.1) is 5.56 Å². The number of anilines is 2. The van der Waals surface area contributed by atoms with E-state index >= 15 is 0 Å². The first-order valence-corrected chi connectivity index (χ1v) is 8.07. The number of benzene rings is 1. The van der Waals surface area contributed by atoms with Gasteiger partial charge in [0.1, 0.15) is 0 Å². The summed E-state index contributed by atoms with van der Waals surface area (Å²) >= 11 is 0. The Bertz CT molecular complexity index is 663. The number of carbonyl (C=O) groups is 1. The fourth-order valence-corrected chi connectivity index (χ4v) is 2.50. The molecule has 1 heterocycles. The Morgan fingerprint density at radius 3 is 2.35 bits per heavy atom. The molecule has 0 bridgehead atoms. The van der Waals surface area contributed by atoms with Crippen LogP contribution in [0.15, 0.2) is 30.6 Å². The van der Waals surface area contributed by atoms with Crippen molar-refractivity contribution in [2.45, 2.75) is 34.1 Å². The van der Waals surface area contributed by atoms with E-state index in [1.807, 2.05) is 30.0 Å². The van der Waals surface area contributed by atoms with Gasteiger partial charge in [-0.15, -0.1) is 0 Å². The molecule has 0 aliphatic heterocycles. The quantitative estimate of drug-likeness (QED) is 0.887. The number of rotatable bonds is 6. The Kier molecular flexibility index (Phi) is 5.68. The molecule has 0 spiro atoms. The zero-order valence-electron chi connectivity index (χ0n) is 14.3. The number of aryl methyl sites for hydroxylation is 2. The van der Waals surface area contributed by atoms with Crippen molar-refractivity contribution in [2.24, 2.45) is 0 Å². The number of nitrogens with one attached hydrogen (secondary N) is 1. The molecule has 1 aromatic carbocycles. The summed E-state index contributed by atoms with van der Waals surface area (Å²) in [6.45, 7) is 9.85. The van der Waals surface area contributed by atoms with Crippen molar-refractivity contribution in [1.82, 2.24) is 9.97 Å². The Hall–Kier alpha value is -2.43. The molecule has 0 unspecified atom stereocenters. The third-order valence-corrected chi connectivity index (χ3v) is 3.93. The number of carbonyl (C=O) groups excluding carboxylic acids is 1. The van der Waals surface area contributed by atoms with Crippen LogP contribution >= 0.6 is 0 Å². The molecule has 0 aliphatic carbocycles. The molecule has 0 saturated heterocycles. The molecular weight excluding hydrogens is 288 g/mol. The zero-order chi connectivity index (χ0) is 16.8. The average molecular weight is 312 g/mol. The van der Waals surface area contributed by atoms with E-state index in [1.54, 1.807) is 12.4 Å². The largest absolute Gasteiger partial charge is 0.341 e. The molecule has 2 rings (SSSR count). The fourth-order valence-electron chi connectivity index (χ4n) is 2.50. The van der Waals surface area contributed by atoms with Crippen LogP contribution in [0.1, 0.15) is 42.3 Å². The lowest BCUT2D eigenvalue weighted by Crippen LogP contribution is -2.24. The lowest BCUT2D eigenvalue weighted by molar-refractivity contribution is 0.102. The number of hydrogen-bond donors (Lipinski definition) is 1. The smallest absolute Gasteiger partial charge is 0.258 e. The number of amides is 1. The van der Waals surface area contributed by atoms with Crippen LogP contribution in [0.25, 0.3) is 0 Å². The monoisotopic (exact) mass is 312 g/mol. The minimum absolute atomic E-state index is 0.180. The molecule has 0 radical (unpaired) electrons. The summed E-state index contributed by atoms with van der Waals surface area (Å²) in [5, 5.41) is 2.99. The van der Waals surface area contributed by atoms with E-state index in [2.05, 4.69) is 36.1 Å². The van der Waals surface area contributed by atoms with Crippen molar-refractivity contribution in [3.63, 3.8) is 0 Å². The van der Waals surface area contributed by atoms with Crippen LogP contribution in [-0.2, 0) is 6.42 Å². The highest BCUT2D eigenvalue weighted by molar-refractivity contribution is 6.04. The van der Waals surface area contributed by atoms with E-state index in [-0.39, 0.29) is 5.91 Å². The summed E-state index contributed by atoms with van der Waals surface area (Å²) in [5.41, 5.74) is 3.52. The lowest BCUT2D eigenvalue weighted by Gasteiger charge is -2.18. The average Bonchev–Trinajstić information content (AvgIpc) is 2.58. The Balaban J connectivity index is 2.19. The third kappa shape index (κ3) is 3.86. The first-order chi connectivity index (χ1) is 11.1. The second-order valence-electron chi connectivity index (χ2n) is 5.36. The summed E-state index contributed by atoms with van der Waals surface area (Å²) in [7, 11) is 0. The van der Waals surface area contributed by atoms with Gasteiger partial charge in [-0.25, -0.2) is 9.97 Å². The topological polar surface area (TPSA) is 58.1 Å². The van der Waals surface area contributed by atoms with Crippen LogP contribution in [0.4, 0.5) is 11.6 Å². The predicted molar refractivity (Wildman–Crippen MR) is 94.1 cm³/mol. The van der Waals surface area contributed by atoms with Gasteiger partial charge < -0.3 is 10.2 Å². The predicted octanol–water partition coefficient (Wildman–Crippen LogP) is 3.45. The highest BCUT2D eigenvalue weighted by Crippen LogP contribution is 2.21. The summed E-state index contributed by atoms with van der Waals surface area (Å²) in [5.74, 6) is 0.469. The van der Waals surface area contributed by atoms with Crippen molar-refractivity contribution in [3.8, 4) is 0 Å². The molecule has 1 aromatic heterocycles. The molecule has 0 saturated carbocycles. The van der Waals surface area contributed by atoms with Gasteiger partial charge in [-0.05, 0) is 38.3 Å². The number of aromatic nitrogens is 2. The van der Waals surface area contributed by atoms with Crippen LogP contribution in [0, 0.1) is 6.92 Å². The zero-order valence-corrected chi connectivity index (χ0v) is 14.3. The summed E-state index contributed by atoms with van der Waals surface area (Å²) in [6, 6.07) is 6.03. The van der Waals surface area contributed by atoms with Crippen LogP contribution < -0.4 is 10.2 Å². The highest BCUT2D eigenvalue weighted by atomic mass is 16.1. The van der Waals surface area contributed by atoms with Gasteiger partial charge in [-0.3, -0.25) is 4.79 Å². The Labute approximate surface area is 137 Å². The molecule has 0 fully saturated rings. The molecule has 1 N–H and O–H groups in total. The standard InChI is InChI=1S/C18H24N4O/c1-5-14-10-8-9-13(4)16(14)21-17(23)15-11-19-18(20-12-15)22(6-2)7-3/h8-12H,5-7H2,1-4H3,(H,21,23). The van der Waals surface area contributed by atoms with E-state index in [0.29, 0.717) is 11.5 Å². The minimum atomic E-state index is -0.180. The van der Waals surface area contributed by atoms with E-state index < -0.39 is 0 Å². The molecule has 2 aromatic rings. The van der Waals surface area contributed by atoms with Gasteiger partial charge in [-0.2, -0.15) is 0 Å². The van der Waals surface area contributed by atoms with Crippen LogP contribution in [0.2, 0.25) is 0 Å². The maximum absolute atomic E-state index is 12.4. The minimum Gasteiger partial charge on any atom is -0.341 e. The number of hydrogen-bond acceptors (Lipinski definition) is 4. The highest BCUT2D eigenvalue weighted by Gasteiger charge is 2.12. The second-order valence-corrected chi connectivity index (χ2v) is 5.36. The van der Waals surface area contributed by atoms with Crippen LogP contribution in [0.5, 0.6) is 0 Å². The van der Waals surface area contributed by atoms with Gasteiger partial charge in [0.25, 0.3) is 5.91 Å². The van der Waals surface area contributed by atoms with Gasteiger partial charge in [-0.1, -0.05) is 25.1 Å². The first kappa shape index (κ1) is 16.9. The normalized spacial score (nSPS) is 10.4. The van der Waals surface area contributed by atoms with Crippen molar-refractivity contribution >= 4 is 17.5 Å². The molecule has 5 heteroatoms. The molecular formula is C18H24N4O. The number of para-hydroxylation sites is 1. The molecule has 0 aliphatic rings. The molecule has 0 atom stereocenters. The Morgan fingerprint density at radius 2 is 1.78 bits per heavy atom. The number of nitrogens with zero attached hydrogens (tertiary/aromatic N) is 3. The SMILES string of the molecule is CCc1cccc(C)c1NC(=O)c1cnc(N(CC)CC)nc1.